The molecular weight excluding hydrogens is 148 g/mol. The minimum Gasteiger partial charge on any atom is -0.322 e. The van der Waals surface area contributed by atoms with Crippen LogP contribution < -0.4 is 5.73 Å². The first-order valence-corrected chi connectivity index (χ1v) is 4.52. The lowest BCUT2D eigenvalue weighted by molar-refractivity contribution is 0.448. The molecule has 2 nitrogen and oxygen atoms in total. The number of hydrogen-bond donors (Lipinski definition) is 1. The molecule has 2 N–H and O–H groups in total. The Hall–Kier alpha value is -0.890. The number of hydrogen-bond acceptors (Lipinski definition) is 2. The predicted molar refractivity (Wildman–Crippen MR) is 48.7 cm³/mol. The second-order valence-electron chi connectivity index (χ2n) is 3.45. The van der Waals surface area contributed by atoms with Crippen LogP contribution in [0.1, 0.15) is 30.6 Å². The van der Waals surface area contributed by atoms with Gasteiger partial charge in [0.15, 0.2) is 0 Å². The molecule has 2 rings (SSSR count). The minimum absolute atomic E-state index is 0.172. The first-order chi connectivity index (χ1) is 5.83. The fourth-order valence-electron chi connectivity index (χ4n) is 1.95. The molecule has 0 saturated heterocycles. The molecule has 1 aliphatic carbocycles. The van der Waals surface area contributed by atoms with E-state index in [2.05, 4.69) is 18.0 Å². The Morgan fingerprint density at radius 3 is 3.17 bits per heavy atom. The molecule has 12 heavy (non-hydrogen) atoms. The zero-order valence-corrected chi connectivity index (χ0v) is 7.33. The molecule has 64 valence electrons. The third-order valence-corrected chi connectivity index (χ3v) is 2.76. The van der Waals surface area contributed by atoms with Gasteiger partial charge >= 0.3 is 0 Å². The first-order valence-electron chi connectivity index (χ1n) is 4.52. The van der Waals surface area contributed by atoms with Gasteiger partial charge in [-0.25, -0.2) is 0 Å². The fourth-order valence-corrected chi connectivity index (χ4v) is 1.95. The second-order valence-corrected chi connectivity index (χ2v) is 3.45. The quantitative estimate of drug-likeness (QED) is 0.682. The molecule has 0 spiro atoms. The van der Waals surface area contributed by atoms with Gasteiger partial charge < -0.3 is 5.73 Å². The van der Waals surface area contributed by atoms with Crippen molar-refractivity contribution < 1.29 is 0 Å². The van der Waals surface area contributed by atoms with Crippen molar-refractivity contribution >= 4 is 0 Å². The Bertz CT molecular complexity index is 283. The van der Waals surface area contributed by atoms with E-state index in [4.69, 9.17) is 5.73 Å². The maximum atomic E-state index is 6.04. The number of pyridine rings is 1. The Morgan fingerprint density at radius 2 is 2.50 bits per heavy atom. The summed E-state index contributed by atoms with van der Waals surface area (Å²) < 4.78 is 0. The van der Waals surface area contributed by atoms with E-state index in [1.165, 1.54) is 5.56 Å². The summed E-state index contributed by atoms with van der Waals surface area (Å²) in [6.07, 6.45) is 4.09. The molecule has 0 amide bonds. The Balaban J connectivity index is 2.35. The highest BCUT2D eigenvalue weighted by Crippen LogP contribution is 2.34. The second kappa shape index (κ2) is 2.87. The average Bonchev–Trinajstić information content (AvgIpc) is 2.44. The highest BCUT2D eigenvalue weighted by atomic mass is 14.8. The zero-order valence-electron chi connectivity index (χ0n) is 7.33. The van der Waals surface area contributed by atoms with Crippen molar-refractivity contribution in [3.63, 3.8) is 0 Å². The first kappa shape index (κ1) is 7.74. The lowest BCUT2D eigenvalue weighted by Gasteiger charge is -2.11. The molecule has 0 radical (unpaired) electrons. The fraction of sp³-hybridized carbons (Fsp3) is 0.500. The highest BCUT2D eigenvalue weighted by molar-refractivity contribution is 5.29. The van der Waals surface area contributed by atoms with E-state index in [1.54, 1.807) is 0 Å². The van der Waals surface area contributed by atoms with Crippen LogP contribution in [0, 0.1) is 5.92 Å². The molecular formula is C10H14N2. The summed E-state index contributed by atoms with van der Waals surface area (Å²) in [5.74, 6) is 0.606. The number of nitrogens with two attached hydrogens (primary N) is 1. The van der Waals surface area contributed by atoms with E-state index in [1.807, 2.05) is 12.3 Å². The summed E-state index contributed by atoms with van der Waals surface area (Å²) in [5.41, 5.74) is 8.50. The number of aromatic nitrogens is 1. The molecule has 0 saturated carbocycles. The summed E-state index contributed by atoms with van der Waals surface area (Å²) in [4.78, 5) is 4.31. The summed E-state index contributed by atoms with van der Waals surface area (Å²) in [6.45, 7) is 2.19. The summed E-state index contributed by atoms with van der Waals surface area (Å²) in [7, 11) is 0. The zero-order chi connectivity index (χ0) is 8.55. The van der Waals surface area contributed by atoms with Crippen LogP contribution >= 0.6 is 0 Å². The van der Waals surface area contributed by atoms with E-state index in [9.17, 15) is 0 Å². The van der Waals surface area contributed by atoms with Crippen LogP contribution in [0.3, 0.4) is 0 Å². The Labute approximate surface area is 72.8 Å². The van der Waals surface area contributed by atoms with Crippen LogP contribution in [-0.2, 0) is 6.42 Å². The summed E-state index contributed by atoms with van der Waals surface area (Å²) >= 11 is 0. The van der Waals surface area contributed by atoms with Crippen LogP contribution in [0.4, 0.5) is 0 Å². The summed E-state index contributed by atoms with van der Waals surface area (Å²) in [5, 5.41) is 0. The lowest BCUT2D eigenvalue weighted by atomic mass is 10.0. The monoisotopic (exact) mass is 162 g/mol. The Kier molecular flexibility index (Phi) is 1.85. The predicted octanol–water partition coefficient (Wildman–Crippen LogP) is 1.66. The van der Waals surface area contributed by atoms with Gasteiger partial charge in [-0.15, -0.1) is 0 Å². The third kappa shape index (κ3) is 1.03. The molecule has 0 fully saturated rings. The van der Waals surface area contributed by atoms with E-state index < -0.39 is 0 Å². The minimum atomic E-state index is 0.172. The number of rotatable bonds is 1. The molecule has 0 bridgehead atoms. The van der Waals surface area contributed by atoms with E-state index in [0.717, 1.165) is 18.5 Å². The summed E-state index contributed by atoms with van der Waals surface area (Å²) in [6, 6.07) is 4.30. The van der Waals surface area contributed by atoms with Crippen LogP contribution in [0.25, 0.3) is 0 Å². The van der Waals surface area contributed by atoms with Crippen LogP contribution in [0.5, 0.6) is 0 Å². The SMILES string of the molecule is CC[C@@H]1Cc2cccnc2[C@@H]1N. The molecule has 2 heteroatoms. The maximum absolute atomic E-state index is 6.04. The van der Waals surface area contributed by atoms with Gasteiger partial charge in [0.2, 0.25) is 0 Å². The molecule has 1 heterocycles. The number of fused-ring (bicyclic) bond motifs is 1. The molecule has 2 atom stereocenters. The lowest BCUT2D eigenvalue weighted by Crippen LogP contribution is -2.16. The van der Waals surface area contributed by atoms with Gasteiger partial charge in [-0.05, 0) is 24.0 Å². The van der Waals surface area contributed by atoms with Crippen LogP contribution in [0.2, 0.25) is 0 Å². The van der Waals surface area contributed by atoms with Crippen molar-refractivity contribution in [2.45, 2.75) is 25.8 Å². The van der Waals surface area contributed by atoms with Crippen molar-refractivity contribution in [3.05, 3.63) is 29.6 Å². The molecule has 1 aromatic rings. The molecule has 1 aromatic heterocycles. The standard InChI is InChI=1S/C10H14N2/c1-2-7-6-8-4-3-5-12-10(8)9(7)11/h3-5,7,9H,2,6,11H2,1H3/t7-,9-/m1/s1. The molecule has 0 aromatic carbocycles. The van der Waals surface area contributed by atoms with Crippen molar-refractivity contribution in [3.8, 4) is 0 Å². The Morgan fingerprint density at radius 1 is 1.67 bits per heavy atom. The third-order valence-electron chi connectivity index (χ3n) is 2.76. The van der Waals surface area contributed by atoms with Crippen molar-refractivity contribution in [1.82, 2.24) is 4.98 Å². The van der Waals surface area contributed by atoms with Gasteiger partial charge in [-0.3, -0.25) is 4.98 Å². The van der Waals surface area contributed by atoms with E-state index >= 15 is 0 Å². The van der Waals surface area contributed by atoms with Gasteiger partial charge in [0.05, 0.1) is 11.7 Å². The smallest absolute Gasteiger partial charge is 0.0605 e. The highest BCUT2D eigenvalue weighted by Gasteiger charge is 2.28. The maximum Gasteiger partial charge on any atom is 0.0605 e. The van der Waals surface area contributed by atoms with Gasteiger partial charge in [0.25, 0.3) is 0 Å². The van der Waals surface area contributed by atoms with Gasteiger partial charge in [0.1, 0.15) is 0 Å². The van der Waals surface area contributed by atoms with Gasteiger partial charge in [-0.1, -0.05) is 19.4 Å². The van der Waals surface area contributed by atoms with E-state index in [-0.39, 0.29) is 6.04 Å². The average molecular weight is 162 g/mol. The normalized spacial score (nSPS) is 27.2. The topological polar surface area (TPSA) is 38.9 Å². The van der Waals surface area contributed by atoms with Crippen molar-refractivity contribution in [1.29, 1.82) is 0 Å². The largest absolute Gasteiger partial charge is 0.322 e. The van der Waals surface area contributed by atoms with E-state index in [0.29, 0.717) is 5.92 Å². The molecule has 1 aliphatic rings. The number of nitrogens with zero attached hydrogens (tertiary/aromatic N) is 1. The molecule has 0 aliphatic heterocycles. The van der Waals surface area contributed by atoms with Crippen molar-refractivity contribution in [2.75, 3.05) is 0 Å². The van der Waals surface area contributed by atoms with Crippen molar-refractivity contribution in [2.24, 2.45) is 11.7 Å². The van der Waals surface area contributed by atoms with Crippen LogP contribution in [0.15, 0.2) is 18.3 Å². The van der Waals surface area contributed by atoms with Crippen LogP contribution in [-0.4, -0.2) is 4.98 Å². The van der Waals surface area contributed by atoms with Gasteiger partial charge in [0, 0.05) is 6.20 Å². The van der Waals surface area contributed by atoms with Gasteiger partial charge in [-0.2, -0.15) is 0 Å². The molecule has 0 unspecified atom stereocenters.